The molecule has 0 fully saturated rings. The van der Waals surface area contributed by atoms with E-state index in [0.29, 0.717) is 11.3 Å². The summed E-state index contributed by atoms with van der Waals surface area (Å²) >= 11 is 0. The molecule has 25 heavy (non-hydrogen) atoms. The highest BCUT2D eigenvalue weighted by atomic mass is 16.1. The molecule has 1 aromatic carbocycles. The van der Waals surface area contributed by atoms with Crippen LogP contribution >= 0.6 is 0 Å². The van der Waals surface area contributed by atoms with E-state index in [1.165, 1.54) is 0 Å². The average molecular weight is 332 g/mol. The smallest absolute Gasteiger partial charge is 0.266 e. The number of aromatic nitrogens is 1. The summed E-state index contributed by atoms with van der Waals surface area (Å²) in [5, 5.41) is 21.0. The second-order valence-electron chi connectivity index (χ2n) is 5.79. The Hall–Kier alpha value is -3.31. The highest BCUT2D eigenvalue weighted by molar-refractivity contribution is 6.09. The summed E-state index contributed by atoms with van der Waals surface area (Å²) in [5.74, 6) is -0.488. The van der Waals surface area contributed by atoms with Crippen LogP contribution in [0.2, 0.25) is 0 Å². The third-order valence-corrected chi connectivity index (χ3v) is 3.97. The molecule has 1 amide bonds. The molecular weight excluding hydrogens is 312 g/mol. The summed E-state index contributed by atoms with van der Waals surface area (Å²) in [6, 6.07) is 12.5. The third-order valence-electron chi connectivity index (χ3n) is 3.97. The first-order valence-corrected chi connectivity index (χ1v) is 8.10. The van der Waals surface area contributed by atoms with E-state index < -0.39 is 5.91 Å². The zero-order chi connectivity index (χ0) is 18.4. The van der Waals surface area contributed by atoms with E-state index in [9.17, 15) is 10.1 Å². The van der Waals surface area contributed by atoms with Crippen LogP contribution in [-0.2, 0) is 11.3 Å². The zero-order valence-corrected chi connectivity index (χ0v) is 14.6. The first-order valence-electron chi connectivity index (χ1n) is 8.10. The molecule has 5 heteroatoms. The van der Waals surface area contributed by atoms with Gasteiger partial charge in [0.05, 0.1) is 11.6 Å². The van der Waals surface area contributed by atoms with Crippen molar-refractivity contribution in [1.82, 2.24) is 4.57 Å². The summed E-state index contributed by atoms with van der Waals surface area (Å²) in [6.45, 7) is 7.01. The lowest BCUT2D eigenvalue weighted by molar-refractivity contribution is -0.112. The molecule has 0 aliphatic carbocycles. The predicted octanol–water partition coefficient (Wildman–Crippen LogP) is 3.93. The van der Waals surface area contributed by atoms with Crippen molar-refractivity contribution < 1.29 is 4.79 Å². The molecule has 2 rings (SSSR count). The van der Waals surface area contributed by atoms with Gasteiger partial charge in [0.15, 0.2) is 0 Å². The maximum atomic E-state index is 12.4. The average Bonchev–Trinajstić information content (AvgIpc) is 2.87. The molecule has 1 aromatic heterocycles. The van der Waals surface area contributed by atoms with Gasteiger partial charge in [-0.1, -0.05) is 13.0 Å². The second kappa shape index (κ2) is 7.99. The van der Waals surface area contributed by atoms with E-state index in [1.807, 2.05) is 32.1 Å². The van der Waals surface area contributed by atoms with Crippen molar-refractivity contribution in [3.63, 3.8) is 0 Å². The van der Waals surface area contributed by atoms with Gasteiger partial charge in [-0.15, -0.1) is 0 Å². The van der Waals surface area contributed by atoms with Crippen LogP contribution in [0, 0.1) is 36.5 Å². The summed E-state index contributed by atoms with van der Waals surface area (Å²) in [4.78, 5) is 12.4. The third kappa shape index (κ3) is 4.16. The maximum Gasteiger partial charge on any atom is 0.266 e. The number of hydrogen-bond acceptors (Lipinski definition) is 3. The highest BCUT2D eigenvalue weighted by Crippen LogP contribution is 2.19. The Labute approximate surface area is 147 Å². The lowest BCUT2D eigenvalue weighted by Crippen LogP contribution is -2.13. The SMILES string of the molecule is CCCn1c(C)cc(/C=C(/C#N)C(=O)Nc2cccc(C#N)c2)c1C. The minimum Gasteiger partial charge on any atom is -0.349 e. The molecule has 0 saturated heterocycles. The number of hydrogen-bond donors (Lipinski definition) is 1. The van der Waals surface area contributed by atoms with Gasteiger partial charge >= 0.3 is 0 Å². The van der Waals surface area contributed by atoms with Crippen molar-refractivity contribution in [3.8, 4) is 12.1 Å². The molecule has 5 nitrogen and oxygen atoms in total. The molecule has 0 spiro atoms. The summed E-state index contributed by atoms with van der Waals surface area (Å²) in [6.07, 6.45) is 2.62. The monoisotopic (exact) mass is 332 g/mol. The van der Waals surface area contributed by atoms with Crippen molar-refractivity contribution >= 4 is 17.7 Å². The summed E-state index contributed by atoms with van der Waals surface area (Å²) < 4.78 is 2.18. The van der Waals surface area contributed by atoms with Gasteiger partial charge in [0, 0.05) is 23.6 Å². The highest BCUT2D eigenvalue weighted by Gasteiger charge is 2.13. The number of nitrogens with one attached hydrogen (secondary N) is 1. The fourth-order valence-electron chi connectivity index (χ4n) is 2.71. The zero-order valence-electron chi connectivity index (χ0n) is 14.6. The number of nitriles is 2. The molecule has 0 radical (unpaired) electrons. The van der Waals surface area contributed by atoms with Gasteiger partial charge in [0.1, 0.15) is 11.6 Å². The van der Waals surface area contributed by atoms with E-state index in [4.69, 9.17) is 5.26 Å². The maximum absolute atomic E-state index is 12.4. The molecule has 1 heterocycles. The van der Waals surface area contributed by atoms with Gasteiger partial charge in [0.25, 0.3) is 5.91 Å². The first-order chi connectivity index (χ1) is 12.0. The Morgan fingerprint density at radius 3 is 2.68 bits per heavy atom. The quantitative estimate of drug-likeness (QED) is 0.665. The first kappa shape index (κ1) is 18.0. The Kier molecular flexibility index (Phi) is 5.76. The lowest BCUT2D eigenvalue weighted by Gasteiger charge is -2.07. The van der Waals surface area contributed by atoms with Crippen molar-refractivity contribution in [1.29, 1.82) is 10.5 Å². The lowest BCUT2D eigenvalue weighted by atomic mass is 10.1. The fraction of sp³-hybridized carbons (Fsp3) is 0.250. The molecule has 0 aliphatic rings. The van der Waals surface area contributed by atoms with E-state index >= 15 is 0 Å². The number of benzene rings is 1. The standard InChI is InChI=1S/C20H20N4O/c1-4-8-24-14(2)9-17(15(24)3)11-18(13-22)20(25)23-19-7-5-6-16(10-19)12-21/h5-7,9-11H,4,8H2,1-3H3,(H,23,25)/b18-11-. The van der Waals surface area contributed by atoms with Gasteiger partial charge in [-0.05, 0) is 56.2 Å². The van der Waals surface area contributed by atoms with Gasteiger partial charge < -0.3 is 9.88 Å². The van der Waals surface area contributed by atoms with Crippen molar-refractivity contribution in [2.24, 2.45) is 0 Å². The van der Waals surface area contributed by atoms with Crippen LogP contribution in [0.4, 0.5) is 5.69 Å². The van der Waals surface area contributed by atoms with E-state index in [0.717, 1.165) is 29.9 Å². The van der Waals surface area contributed by atoms with Crippen LogP contribution in [0.5, 0.6) is 0 Å². The second-order valence-corrected chi connectivity index (χ2v) is 5.79. The molecule has 0 atom stereocenters. The largest absolute Gasteiger partial charge is 0.349 e. The molecule has 0 bridgehead atoms. The van der Waals surface area contributed by atoms with Crippen LogP contribution in [0.25, 0.3) is 6.08 Å². The van der Waals surface area contributed by atoms with Gasteiger partial charge in [-0.2, -0.15) is 10.5 Å². The number of amides is 1. The molecule has 0 unspecified atom stereocenters. The molecule has 0 aliphatic heterocycles. The number of aryl methyl sites for hydroxylation is 1. The number of anilines is 1. The minimum absolute atomic E-state index is 0.0270. The van der Waals surface area contributed by atoms with Gasteiger partial charge in [-0.25, -0.2) is 0 Å². The molecule has 126 valence electrons. The predicted molar refractivity (Wildman–Crippen MR) is 97.6 cm³/mol. The Morgan fingerprint density at radius 2 is 2.04 bits per heavy atom. The van der Waals surface area contributed by atoms with E-state index in [1.54, 1.807) is 30.3 Å². The number of carbonyl (C=O) groups excluding carboxylic acids is 1. The molecular formula is C20H20N4O. The Balaban J connectivity index is 2.28. The minimum atomic E-state index is -0.488. The molecule has 1 N–H and O–H groups in total. The van der Waals surface area contributed by atoms with Crippen LogP contribution in [0.3, 0.4) is 0 Å². The van der Waals surface area contributed by atoms with Crippen LogP contribution < -0.4 is 5.32 Å². The number of nitrogens with zero attached hydrogens (tertiary/aromatic N) is 3. The van der Waals surface area contributed by atoms with Crippen molar-refractivity contribution in [2.75, 3.05) is 5.32 Å². The van der Waals surface area contributed by atoms with Gasteiger partial charge in [0.2, 0.25) is 0 Å². The van der Waals surface area contributed by atoms with Crippen molar-refractivity contribution in [2.45, 2.75) is 33.7 Å². The van der Waals surface area contributed by atoms with E-state index in [2.05, 4.69) is 16.8 Å². The Bertz CT molecular complexity index is 907. The number of carbonyl (C=O) groups is 1. The number of rotatable bonds is 5. The van der Waals surface area contributed by atoms with Crippen molar-refractivity contribution in [3.05, 3.63) is 58.4 Å². The van der Waals surface area contributed by atoms with Crippen LogP contribution in [-0.4, -0.2) is 10.5 Å². The normalized spacial score (nSPS) is 10.8. The summed E-state index contributed by atoms with van der Waals surface area (Å²) in [7, 11) is 0. The van der Waals surface area contributed by atoms with E-state index in [-0.39, 0.29) is 5.57 Å². The molecule has 0 saturated carbocycles. The Morgan fingerprint density at radius 1 is 1.28 bits per heavy atom. The topological polar surface area (TPSA) is 81.6 Å². The molecule has 2 aromatic rings. The van der Waals surface area contributed by atoms with Crippen LogP contribution in [0.1, 0.15) is 35.9 Å². The van der Waals surface area contributed by atoms with Crippen LogP contribution in [0.15, 0.2) is 35.9 Å². The summed E-state index contributed by atoms with van der Waals surface area (Å²) in [5.41, 5.74) is 3.96. The fourth-order valence-corrected chi connectivity index (χ4v) is 2.71. The van der Waals surface area contributed by atoms with Gasteiger partial charge in [-0.3, -0.25) is 4.79 Å².